The van der Waals surface area contributed by atoms with Gasteiger partial charge < -0.3 is 0 Å². The molecular formula is C29H20NO+. The van der Waals surface area contributed by atoms with E-state index in [1.807, 2.05) is 41.1 Å². The van der Waals surface area contributed by atoms with Crippen LogP contribution in [0.2, 0.25) is 0 Å². The summed E-state index contributed by atoms with van der Waals surface area (Å²) < 4.78 is 1.99. The molecule has 6 rings (SSSR count). The second-order valence-corrected chi connectivity index (χ2v) is 8.06. The summed E-state index contributed by atoms with van der Waals surface area (Å²) >= 11 is 0. The van der Waals surface area contributed by atoms with E-state index >= 15 is 0 Å². The van der Waals surface area contributed by atoms with Crippen molar-refractivity contribution in [1.82, 2.24) is 0 Å². The number of carbonyl (C=O) groups is 1. The zero-order valence-electron chi connectivity index (χ0n) is 17.0. The minimum atomic E-state index is 0.123. The summed E-state index contributed by atoms with van der Waals surface area (Å²) in [6.45, 7) is 0.306. The van der Waals surface area contributed by atoms with E-state index in [1.54, 1.807) is 0 Å². The lowest BCUT2D eigenvalue weighted by Gasteiger charge is -2.11. The molecule has 0 unspecified atom stereocenters. The Morgan fingerprint density at radius 2 is 1.19 bits per heavy atom. The van der Waals surface area contributed by atoms with Crippen molar-refractivity contribution in [1.29, 1.82) is 0 Å². The Morgan fingerprint density at radius 1 is 0.581 bits per heavy atom. The van der Waals surface area contributed by atoms with E-state index < -0.39 is 0 Å². The normalized spacial score (nSPS) is 11.5. The maximum atomic E-state index is 13.7. The molecule has 0 aliphatic rings. The second-order valence-electron chi connectivity index (χ2n) is 8.06. The summed E-state index contributed by atoms with van der Waals surface area (Å²) in [7, 11) is 0. The zero-order valence-corrected chi connectivity index (χ0v) is 17.0. The maximum absolute atomic E-state index is 13.7. The van der Waals surface area contributed by atoms with Crippen LogP contribution in [-0.2, 0) is 6.54 Å². The maximum Gasteiger partial charge on any atom is 0.228 e. The van der Waals surface area contributed by atoms with Crippen LogP contribution in [0.25, 0.3) is 43.1 Å². The Bertz CT molecular complexity index is 1630. The third kappa shape index (κ3) is 3.04. The van der Waals surface area contributed by atoms with Gasteiger partial charge in [0.15, 0.2) is 12.4 Å². The van der Waals surface area contributed by atoms with Gasteiger partial charge in [-0.2, -0.15) is 4.57 Å². The summed E-state index contributed by atoms with van der Waals surface area (Å²) in [5.41, 5.74) is 0.805. The fourth-order valence-corrected chi connectivity index (χ4v) is 4.58. The van der Waals surface area contributed by atoms with Crippen molar-refractivity contribution >= 4 is 48.9 Å². The van der Waals surface area contributed by atoms with Gasteiger partial charge in [0.1, 0.15) is 0 Å². The molecule has 31 heavy (non-hydrogen) atoms. The molecule has 0 amide bonds. The number of benzene rings is 5. The lowest BCUT2D eigenvalue weighted by Crippen LogP contribution is -2.37. The number of rotatable bonds is 3. The van der Waals surface area contributed by atoms with Crippen LogP contribution in [0, 0.1) is 0 Å². The third-order valence-corrected chi connectivity index (χ3v) is 6.08. The first-order valence-electron chi connectivity index (χ1n) is 10.5. The zero-order chi connectivity index (χ0) is 20.8. The van der Waals surface area contributed by atoms with Crippen molar-refractivity contribution < 1.29 is 9.36 Å². The molecule has 0 fully saturated rings. The van der Waals surface area contributed by atoms with Crippen LogP contribution < -0.4 is 4.57 Å². The van der Waals surface area contributed by atoms with Gasteiger partial charge in [-0.05, 0) is 62.0 Å². The molecular weight excluding hydrogens is 378 g/mol. The number of aromatic nitrogens is 1. The van der Waals surface area contributed by atoms with Gasteiger partial charge in [-0.25, -0.2) is 0 Å². The molecule has 0 N–H and O–H groups in total. The number of Topliss-reactive ketones (excluding diaryl/α,β-unsaturated/α-hetero) is 1. The summed E-state index contributed by atoms with van der Waals surface area (Å²) in [5, 5.41) is 8.87. The van der Waals surface area contributed by atoms with Crippen molar-refractivity contribution in [3.8, 4) is 0 Å². The van der Waals surface area contributed by atoms with E-state index in [0.717, 1.165) is 37.9 Å². The molecule has 5 aromatic carbocycles. The van der Waals surface area contributed by atoms with Crippen molar-refractivity contribution in [2.45, 2.75) is 6.54 Å². The summed E-state index contributed by atoms with van der Waals surface area (Å²) in [6.07, 6.45) is 4.04. The number of pyridine rings is 1. The smallest absolute Gasteiger partial charge is 0.228 e. The fraction of sp³-hybridized carbons (Fsp3) is 0.0345. The predicted octanol–water partition coefficient (Wildman–Crippen LogP) is 6.47. The molecule has 146 valence electrons. The van der Waals surface area contributed by atoms with Gasteiger partial charge in [-0.3, -0.25) is 4.79 Å². The lowest BCUT2D eigenvalue weighted by atomic mass is 9.92. The molecule has 2 nitrogen and oxygen atoms in total. The standard InChI is InChI=1S/C29H20NO/c31-28(19-30-14-13-20-7-1-4-11-24(20)18-30)29-26-12-6-5-10-23(26)16-25-15-21-8-2-3-9-22(21)17-27(25)29/h1-18H,19H2/q+1. The third-order valence-electron chi connectivity index (χ3n) is 6.08. The van der Waals surface area contributed by atoms with Crippen molar-refractivity contribution in [3.05, 3.63) is 115 Å². The molecule has 0 atom stereocenters. The highest BCUT2D eigenvalue weighted by Gasteiger charge is 2.19. The predicted molar refractivity (Wildman–Crippen MR) is 127 cm³/mol. The summed E-state index contributed by atoms with van der Waals surface area (Å²) in [4.78, 5) is 13.7. The molecule has 0 bridgehead atoms. The van der Waals surface area contributed by atoms with E-state index in [4.69, 9.17) is 0 Å². The van der Waals surface area contributed by atoms with Crippen LogP contribution in [0.1, 0.15) is 10.4 Å². The van der Waals surface area contributed by atoms with Crippen LogP contribution in [-0.4, -0.2) is 5.78 Å². The highest BCUT2D eigenvalue weighted by molar-refractivity contribution is 6.20. The van der Waals surface area contributed by atoms with Crippen LogP contribution in [0.15, 0.2) is 109 Å². The van der Waals surface area contributed by atoms with E-state index in [1.165, 1.54) is 10.8 Å². The molecule has 0 saturated heterocycles. The van der Waals surface area contributed by atoms with E-state index in [-0.39, 0.29) is 5.78 Å². The first kappa shape index (κ1) is 17.8. The van der Waals surface area contributed by atoms with Crippen LogP contribution in [0.3, 0.4) is 0 Å². The molecule has 0 aliphatic heterocycles. The molecule has 0 radical (unpaired) electrons. The molecule has 0 spiro atoms. The lowest BCUT2D eigenvalue weighted by molar-refractivity contribution is -0.681. The van der Waals surface area contributed by atoms with Crippen LogP contribution in [0.4, 0.5) is 0 Å². The summed E-state index contributed by atoms with van der Waals surface area (Å²) in [5.74, 6) is 0.123. The van der Waals surface area contributed by atoms with Gasteiger partial charge in [-0.15, -0.1) is 0 Å². The number of hydrogen-bond donors (Lipinski definition) is 0. The Kier molecular flexibility index (Phi) is 4.03. The van der Waals surface area contributed by atoms with Crippen LogP contribution in [0.5, 0.6) is 0 Å². The Hall–Kier alpha value is -4.04. The van der Waals surface area contributed by atoms with Gasteiger partial charge >= 0.3 is 0 Å². The van der Waals surface area contributed by atoms with Crippen molar-refractivity contribution in [2.24, 2.45) is 0 Å². The monoisotopic (exact) mass is 398 g/mol. The van der Waals surface area contributed by atoms with E-state index in [9.17, 15) is 4.79 Å². The Balaban J connectivity index is 1.56. The van der Waals surface area contributed by atoms with E-state index in [2.05, 4.69) is 72.9 Å². The minimum Gasteiger partial charge on any atom is -0.287 e. The second kappa shape index (κ2) is 7.03. The molecule has 2 heteroatoms. The average molecular weight is 398 g/mol. The van der Waals surface area contributed by atoms with Crippen molar-refractivity contribution in [2.75, 3.05) is 0 Å². The Morgan fingerprint density at radius 3 is 2.00 bits per heavy atom. The van der Waals surface area contributed by atoms with E-state index in [0.29, 0.717) is 6.54 Å². The number of nitrogens with zero attached hydrogens (tertiary/aromatic N) is 1. The SMILES string of the molecule is O=C(C[n+]1ccc2ccccc2c1)c1c2ccccc2cc2cc3ccccc3cc12. The molecule has 1 heterocycles. The van der Waals surface area contributed by atoms with Gasteiger partial charge in [0.2, 0.25) is 12.3 Å². The van der Waals surface area contributed by atoms with Gasteiger partial charge in [0.05, 0.1) is 0 Å². The molecule has 0 saturated carbocycles. The van der Waals surface area contributed by atoms with Crippen LogP contribution >= 0.6 is 0 Å². The van der Waals surface area contributed by atoms with Gasteiger partial charge in [0.25, 0.3) is 0 Å². The molecule has 1 aromatic heterocycles. The largest absolute Gasteiger partial charge is 0.287 e. The van der Waals surface area contributed by atoms with Gasteiger partial charge in [-0.1, -0.05) is 66.7 Å². The highest BCUT2D eigenvalue weighted by atomic mass is 16.1. The van der Waals surface area contributed by atoms with Gasteiger partial charge in [0, 0.05) is 17.0 Å². The minimum absolute atomic E-state index is 0.123. The number of hydrogen-bond acceptors (Lipinski definition) is 1. The topological polar surface area (TPSA) is 20.9 Å². The first-order chi connectivity index (χ1) is 15.3. The molecule has 6 aromatic rings. The quantitative estimate of drug-likeness (QED) is 0.190. The summed E-state index contributed by atoms with van der Waals surface area (Å²) in [6, 6.07) is 33.3. The highest BCUT2D eigenvalue weighted by Crippen LogP contribution is 2.32. The number of ketones is 1. The molecule has 0 aliphatic carbocycles. The first-order valence-corrected chi connectivity index (χ1v) is 10.5. The number of carbonyl (C=O) groups excluding carboxylic acids is 1. The fourth-order valence-electron chi connectivity index (χ4n) is 4.58. The average Bonchev–Trinajstić information content (AvgIpc) is 2.81. The Labute approximate surface area is 180 Å². The number of fused-ring (bicyclic) bond motifs is 4. The van der Waals surface area contributed by atoms with Crippen molar-refractivity contribution in [3.63, 3.8) is 0 Å².